The van der Waals surface area contributed by atoms with Gasteiger partial charge in [0, 0.05) is 31.0 Å². The average Bonchev–Trinajstić information content (AvgIpc) is 2.65. The standard InChI is InChI=1S/C11H20N2O/c1-11(2,9-14)8-13-6-4-10-3-5-12-7-10/h3,5,7,12-14H,4,6,8-9H2,1-2H3. The summed E-state index contributed by atoms with van der Waals surface area (Å²) in [5.41, 5.74) is 1.30. The summed E-state index contributed by atoms with van der Waals surface area (Å²) in [4.78, 5) is 3.03. The summed E-state index contributed by atoms with van der Waals surface area (Å²) < 4.78 is 0. The summed E-state index contributed by atoms with van der Waals surface area (Å²) in [5.74, 6) is 0. The van der Waals surface area contributed by atoms with Crippen LogP contribution in [0.15, 0.2) is 18.5 Å². The molecule has 0 bridgehead atoms. The number of aliphatic hydroxyl groups is 1. The molecule has 1 rings (SSSR count). The Labute approximate surface area is 85.5 Å². The molecule has 0 atom stereocenters. The van der Waals surface area contributed by atoms with Crippen LogP contribution in [-0.2, 0) is 6.42 Å². The highest BCUT2D eigenvalue weighted by Crippen LogP contribution is 2.10. The van der Waals surface area contributed by atoms with Crippen molar-refractivity contribution in [1.29, 1.82) is 0 Å². The van der Waals surface area contributed by atoms with Gasteiger partial charge in [-0.05, 0) is 24.6 Å². The number of aromatic nitrogens is 1. The zero-order chi connectivity index (χ0) is 10.4. The molecule has 0 saturated heterocycles. The van der Waals surface area contributed by atoms with Crippen LogP contribution >= 0.6 is 0 Å². The molecule has 0 saturated carbocycles. The number of aliphatic hydroxyl groups excluding tert-OH is 1. The molecule has 14 heavy (non-hydrogen) atoms. The predicted octanol–water partition coefficient (Wildman–Crippen LogP) is 1.17. The van der Waals surface area contributed by atoms with Crippen LogP contribution < -0.4 is 5.32 Å². The molecule has 0 unspecified atom stereocenters. The van der Waals surface area contributed by atoms with E-state index in [-0.39, 0.29) is 12.0 Å². The minimum absolute atomic E-state index is 0.0157. The van der Waals surface area contributed by atoms with Crippen molar-refractivity contribution < 1.29 is 5.11 Å². The van der Waals surface area contributed by atoms with Gasteiger partial charge in [0.1, 0.15) is 0 Å². The number of hydrogen-bond donors (Lipinski definition) is 3. The van der Waals surface area contributed by atoms with Gasteiger partial charge < -0.3 is 15.4 Å². The van der Waals surface area contributed by atoms with Crippen LogP contribution in [0.2, 0.25) is 0 Å². The largest absolute Gasteiger partial charge is 0.396 e. The first-order chi connectivity index (χ1) is 6.64. The van der Waals surface area contributed by atoms with E-state index in [9.17, 15) is 0 Å². The van der Waals surface area contributed by atoms with E-state index in [1.807, 2.05) is 12.4 Å². The molecule has 0 aliphatic rings. The Morgan fingerprint density at radius 3 is 2.86 bits per heavy atom. The molecule has 3 heteroatoms. The van der Waals surface area contributed by atoms with Crippen molar-refractivity contribution in [2.24, 2.45) is 5.41 Å². The van der Waals surface area contributed by atoms with Crippen molar-refractivity contribution >= 4 is 0 Å². The van der Waals surface area contributed by atoms with E-state index in [1.54, 1.807) is 0 Å². The smallest absolute Gasteiger partial charge is 0.0494 e. The monoisotopic (exact) mass is 196 g/mol. The lowest BCUT2D eigenvalue weighted by Crippen LogP contribution is -2.33. The van der Waals surface area contributed by atoms with E-state index < -0.39 is 0 Å². The number of nitrogens with one attached hydrogen (secondary N) is 2. The van der Waals surface area contributed by atoms with E-state index in [4.69, 9.17) is 5.11 Å². The van der Waals surface area contributed by atoms with Gasteiger partial charge in [0.15, 0.2) is 0 Å². The summed E-state index contributed by atoms with van der Waals surface area (Å²) in [5, 5.41) is 12.4. The Morgan fingerprint density at radius 1 is 1.50 bits per heavy atom. The van der Waals surface area contributed by atoms with Crippen LogP contribution in [0.25, 0.3) is 0 Å². The molecule has 80 valence electrons. The average molecular weight is 196 g/mol. The van der Waals surface area contributed by atoms with Crippen LogP contribution in [0, 0.1) is 5.41 Å². The van der Waals surface area contributed by atoms with Gasteiger partial charge in [0.25, 0.3) is 0 Å². The molecule has 3 nitrogen and oxygen atoms in total. The molecule has 0 aliphatic heterocycles. The van der Waals surface area contributed by atoms with Gasteiger partial charge in [0.05, 0.1) is 0 Å². The Kier molecular flexibility index (Phi) is 4.17. The second-order valence-electron chi connectivity index (χ2n) is 4.47. The third kappa shape index (κ3) is 3.94. The fourth-order valence-corrected chi connectivity index (χ4v) is 1.23. The van der Waals surface area contributed by atoms with Gasteiger partial charge >= 0.3 is 0 Å². The van der Waals surface area contributed by atoms with Gasteiger partial charge in [0.2, 0.25) is 0 Å². The maximum absolute atomic E-state index is 9.03. The first-order valence-corrected chi connectivity index (χ1v) is 5.07. The minimum Gasteiger partial charge on any atom is -0.396 e. The summed E-state index contributed by atoms with van der Waals surface area (Å²) in [6.45, 7) is 6.14. The summed E-state index contributed by atoms with van der Waals surface area (Å²) in [7, 11) is 0. The van der Waals surface area contributed by atoms with E-state index in [1.165, 1.54) is 5.56 Å². The zero-order valence-corrected chi connectivity index (χ0v) is 9.01. The van der Waals surface area contributed by atoms with E-state index >= 15 is 0 Å². The van der Waals surface area contributed by atoms with Crippen LogP contribution in [0.3, 0.4) is 0 Å². The van der Waals surface area contributed by atoms with Crippen molar-refractivity contribution in [3.63, 3.8) is 0 Å². The van der Waals surface area contributed by atoms with Crippen molar-refractivity contribution in [3.8, 4) is 0 Å². The van der Waals surface area contributed by atoms with Crippen molar-refractivity contribution in [2.75, 3.05) is 19.7 Å². The molecular formula is C11H20N2O. The Bertz CT molecular complexity index is 242. The molecule has 1 aromatic heterocycles. The summed E-state index contributed by atoms with van der Waals surface area (Å²) in [6.07, 6.45) is 4.98. The van der Waals surface area contributed by atoms with Gasteiger partial charge in [-0.2, -0.15) is 0 Å². The molecule has 0 radical (unpaired) electrons. The SMILES string of the molecule is CC(C)(CO)CNCCc1cc[nH]c1. The Hall–Kier alpha value is -0.800. The maximum Gasteiger partial charge on any atom is 0.0494 e. The lowest BCUT2D eigenvalue weighted by molar-refractivity contribution is 0.157. The third-order valence-electron chi connectivity index (χ3n) is 2.28. The number of H-pyrrole nitrogens is 1. The molecule has 0 aliphatic carbocycles. The van der Waals surface area contributed by atoms with Gasteiger partial charge in [-0.1, -0.05) is 13.8 Å². The highest BCUT2D eigenvalue weighted by atomic mass is 16.3. The minimum atomic E-state index is -0.0157. The van der Waals surface area contributed by atoms with Crippen molar-refractivity contribution in [3.05, 3.63) is 24.0 Å². The molecule has 1 aromatic rings. The lowest BCUT2D eigenvalue weighted by Gasteiger charge is -2.21. The number of aromatic amines is 1. The predicted molar refractivity (Wildman–Crippen MR) is 58.2 cm³/mol. The summed E-state index contributed by atoms with van der Waals surface area (Å²) >= 11 is 0. The Balaban J connectivity index is 2.11. The van der Waals surface area contributed by atoms with Crippen molar-refractivity contribution in [2.45, 2.75) is 20.3 Å². The van der Waals surface area contributed by atoms with Crippen molar-refractivity contribution in [1.82, 2.24) is 10.3 Å². The number of rotatable bonds is 6. The molecule has 3 N–H and O–H groups in total. The van der Waals surface area contributed by atoms with E-state index in [2.05, 4.69) is 30.2 Å². The highest BCUT2D eigenvalue weighted by molar-refractivity contribution is 5.08. The highest BCUT2D eigenvalue weighted by Gasteiger charge is 2.14. The van der Waals surface area contributed by atoms with E-state index in [0.717, 1.165) is 19.5 Å². The maximum atomic E-state index is 9.03. The van der Waals surface area contributed by atoms with E-state index in [0.29, 0.717) is 0 Å². The third-order valence-corrected chi connectivity index (χ3v) is 2.28. The normalized spacial score (nSPS) is 11.9. The van der Waals surface area contributed by atoms with Crippen LogP contribution in [0.4, 0.5) is 0 Å². The van der Waals surface area contributed by atoms with Gasteiger partial charge in [-0.3, -0.25) is 0 Å². The second kappa shape index (κ2) is 5.17. The quantitative estimate of drug-likeness (QED) is 0.598. The zero-order valence-electron chi connectivity index (χ0n) is 9.01. The van der Waals surface area contributed by atoms with Gasteiger partial charge in [-0.25, -0.2) is 0 Å². The van der Waals surface area contributed by atoms with Crippen LogP contribution in [-0.4, -0.2) is 29.8 Å². The topological polar surface area (TPSA) is 48.0 Å². The fraction of sp³-hybridized carbons (Fsp3) is 0.636. The Morgan fingerprint density at radius 2 is 2.29 bits per heavy atom. The summed E-state index contributed by atoms with van der Waals surface area (Å²) in [6, 6.07) is 2.08. The first kappa shape index (κ1) is 11.3. The fourth-order valence-electron chi connectivity index (χ4n) is 1.23. The second-order valence-corrected chi connectivity index (χ2v) is 4.47. The molecular weight excluding hydrogens is 176 g/mol. The molecule has 0 amide bonds. The van der Waals surface area contributed by atoms with Crippen LogP contribution in [0.5, 0.6) is 0 Å². The lowest BCUT2D eigenvalue weighted by atomic mass is 9.95. The molecule has 0 aromatic carbocycles. The first-order valence-electron chi connectivity index (χ1n) is 5.07. The molecule has 0 spiro atoms. The van der Waals surface area contributed by atoms with Gasteiger partial charge in [-0.15, -0.1) is 0 Å². The van der Waals surface area contributed by atoms with Crippen LogP contribution in [0.1, 0.15) is 19.4 Å². The number of hydrogen-bond acceptors (Lipinski definition) is 2. The molecule has 0 fully saturated rings. The molecule has 1 heterocycles.